The first kappa shape index (κ1) is 27.6. The van der Waals surface area contributed by atoms with Gasteiger partial charge in [0.05, 0.1) is 32.4 Å². The van der Waals surface area contributed by atoms with Gasteiger partial charge < -0.3 is 20.1 Å². The number of thioether (sulfide) groups is 1. The second-order valence-corrected chi connectivity index (χ2v) is 9.25. The number of carbonyl (C=O) groups excluding carboxylic acids is 2. The van der Waals surface area contributed by atoms with Crippen LogP contribution in [0.1, 0.15) is 18.3 Å². The van der Waals surface area contributed by atoms with Gasteiger partial charge in [0.15, 0.2) is 11.0 Å². The molecular formula is C28H28FN5O4S. The van der Waals surface area contributed by atoms with Crippen LogP contribution in [0.3, 0.4) is 0 Å². The summed E-state index contributed by atoms with van der Waals surface area (Å²) in [7, 11) is 1.58. The highest BCUT2D eigenvalue weighted by atomic mass is 32.2. The number of hydrogen-bond acceptors (Lipinski definition) is 7. The smallest absolute Gasteiger partial charge is 0.234 e. The lowest BCUT2D eigenvalue weighted by Crippen LogP contribution is -2.26. The zero-order chi connectivity index (χ0) is 27.6. The number of rotatable bonds is 12. The Labute approximate surface area is 229 Å². The fourth-order valence-corrected chi connectivity index (χ4v) is 4.43. The second kappa shape index (κ2) is 13.4. The van der Waals surface area contributed by atoms with Crippen molar-refractivity contribution in [3.8, 4) is 17.2 Å². The zero-order valence-electron chi connectivity index (χ0n) is 21.5. The molecule has 2 amide bonds. The van der Waals surface area contributed by atoms with Crippen LogP contribution in [0.5, 0.6) is 11.5 Å². The molecule has 202 valence electrons. The Morgan fingerprint density at radius 2 is 1.62 bits per heavy atom. The molecular weight excluding hydrogens is 521 g/mol. The lowest BCUT2D eigenvalue weighted by Gasteiger charge is -2.11. The van der Waals surface area contributed by atoms with E-state index in [0.29, 0.717) is 34.7 Å². The van der Waals surface area contributed by atoms with Gasteiger partial charge in [-0.25, -0.2) is 4.39 Å². The first-order valence-electron chi connectivity index (χ1n) is 12.2. The van der Waals surface area contributed by atoms with E-state index in [9.17, 15) is 14.0 Å². The minimum Gasteiger partial charge on any atom is -0.497 e. The Bertz CT molecular complexity index is 1390. The normalized spacial score (nSPS) is 10.6. The van der Waals surface area contributed by atoms with E-state index < -0.39 is 0 Å². The van der Waals surface area contributed by atoms with E-state index in [2.05, 4.69) is 20.8 Å². The van der Waals surface area contributed by atoms with Gasteiger partial charge in [-0.15, -0.1) is 10.2 Å². The maximum absolute atomic E-state index is 13.6. The van der Waals surface area contributed by atoms with Crippen molar-refractivity contribution in [2.24, 2.45) is 0 Å². The Morgan fingerprint density at radius 3 is 2.28 bits per heavy atom. The van der Waals surface area contributed by atoms with Gasteiger partial charge in [0.1, 0.15) is 17.3 Å². The van der Waals surface area contributed by atoms with Gasteiger partial charge in [-0.3, -0.25) is 14.2 Å². The van der Waals surface area contributed by atoms with Gasteiger partial charge in [-0.05, 0) is 73.2 Å². The third-order valence-corrected chi connectivity index (χ3v) is 6.46. The van der Waals surface area contributed by atoms with E-state index >= 15 is 0 Å². The largest absolute Gasteiger partial charge is 0.497 e. The van der Waals surface area contributed by atoms with Crippen LogP contribution in [0.15, 0.2) is 78.0 Å². The van der Waals surface area contributed by atoms with Gasteiger partial charge >= 0.3 is 0 Å². The summed E-state index contributed by atoms with van der Waals surface area (Å²) in [5.74, 6) is 1.14. The molecule has 1 heterocycles. The molecule has 1 aromatic heterocycles. The summed E-state index contributed by atoms with van der Waals surface area (Å²) in [6.45, 7) is 2.56. The zero-order valence-corrected chi connectivity index (χ0v) is 22.3. The van der Waals surface area contributed by atoms with Crippen LogP contribution in [-0.4, -0.2) is 46.0 Å². The molecule has 0 spiro atoms. The van der Waals surface area contributed by atoms with Crippen LogP contribution in [0, 0.1) is 5.82 Å². The molecule has 0 fully saturated rings. The molecule has 2 N–H and O–H groups in total. The number of benzene rings is 3. The number of methoxy groups -OCH3 is 1. The number of amides is 2. The van der Waals surface area contributed by atoms with Crippen molar-refractivity contribution in [3.63, 3.8) is 0 Å². The summed E-state index contributed by atoms with van der Waals surface area (Å²) < 4.78 is 25.9. The fourth-order valence-electron chi connectivity index (χ4n) is 3.66. The Morgan fingerprint density at radius 1 is 0.923 bits per heavy atom. The fraction of sp³-hybridized carbons (Fsp3) is 0.214. The minimum absolute atomic E-state index is 0.0658. The van der Waals surface area contributed by atoms with Crippen molar-refractivity contribution >= 4 is 29.3 Å². The quantitative estimate of drug-likeness (QED) is 0.252. The molecule has 4 aromatic rings. The average Bonchev–Trinajstić information content (AvgIpc) is 3.35. The maximum atomic E-state index is 13.6. The molecule has 4 rings (SSSR count). The van der Waals surface area contributed by atoms with Crippen molar-refractivity contribution in [2.45, 2.75) is 25.0 Å². The lowest BCUT2D eigenvalue weighted by molar-refractivity contribution is -0.120. The minimum atomic E-state index is -0.384. The average molecular weight is 550 g/mol. The van der Waals surface area contributed by atoms with E-state index in [1.54, 1.807) is 60.2 Å². The lowest BCUT2D eigenvalue weighted by atomic mass is 10.1. The number of halogens is 1. The molecule has 0 unspecified atom stereocenters. The number of carbonyl (C=O) groups is 2. The summed E-state index contributed by atoms with van der Waals surface area (Å²) in [6, 6.07) is 20.2. The van der Waals surface area contributed by atoms with Crippen molar-refractivity contribution < 1.29 is 23.5 Å². The molecule has 0 bridgehead atoms. The SMILES string of the molecule is CCOc1ccc(NC(=O)CSc2nnc(CNC(=O)Cc3ccc(OC)cc3)n2-c2ccc(F)cc2)cc1. The molecule has 0 aliphatic heterocycles. The van der Waals surface area contributed by atoms with Gasteiger partial charge in [0.25, 0.3) is 0 Å². The molecule has 11 heteroatoms. The van der Waals surface area contributed by atoms with E-state index in [1.165, 1.54) is 23.9 Å². The third-order valence-electron chi connectivity index (χ3n) is 5.53. The van der Waals surface area contributed by atoms with Crippen molar-refractivity contribution in [3.05, 3.63) is 90.0 Å². The van der Waals surface area contributed by atoms with Gasteiger partial charge in [-0.1, -0.05) is 23.9 Å². The van der Waals surface area contributed by atoms with Crippen molar-refractivity contribution in [2.75, 3.05) is 24.8 Å². The van der Waals surface area contributed by atoms with Crippen LogP contribution < -0.4 is 20.1 Å². The van der Waals surface area contributed by atoms with Crippen LogP contribution in [0.25, 0.3) is 5.69 Å². The number of anilines is 1. The molecule has 0 atom stereocenters. The number of nitrogens with one attached hydrogen (secondary N) is 2. The highest BCUT2D eigenvalue weighted by Crippen LogP contribution is 2.23. The van der Waals surface area contributed by atoms with E-state index in [0.717, 1.165) is 11.3 Å². The molecule has 0 aliphatic rings. The first-order chi connectivity index (χ1) is 18.9. The molecule has 0 aliphatic carbocycles. The van der Waals surface area contributed by atoms with Crippen LogP contribution in [0.2, 0.25) is 0 Å². The number of ether oxygens (including phenoxy) is 2. The second-order valence-electron chi connectivity index (χ2n) is 8.31. The highest BCUT2D eigenvalue weighted by molar-refractivity contribution is 7.99. The van der Waals surface area contributed by atoms with Crippen molar-refractivity contribution in [1.29, 1.82) is 0 Å². The van der Waals surface area contributed by atoms with Crippen LogP contribution in [0.4, 0.5) is 10.1 Å². The predicted molar refractivity (Wildman–Crippen MR) is 147 cm³/mol. The Balaban J connectivity index is 1.42. The van der Waals surface area contributed by atoms with E-state index in [4.69, 9.17) is 9.47 Å². The number of hydrogen-bond donors (Lipinski definition) is 2. The topological polar surface area (TPSA) is 107 Å². The Hall–Kier alpha value is -4.38. The van der Waals surface area contributed by atoms with Gasteiger partial charge in [0.2, 0.25) is 11.8 Å². The Kier molecular flexibility index (Phi) is 9.52. The molecule has 39 heavy (non-hydrogen) atoms. The van der Waals surface area contributed by atoms with E-state index in [-0.39, 0.29) is 36.4 Å². The molecule has 0 saturated heterocycles. The maximum Gasteiger partial charge on any atom is 0.234 e. The number of aromatic nitrogens is 3. The molecule has 3 aromatic carbocycles. The molecule has 9 nitrogen and oxygen atoms in total. The third kappa shape index (κ3) is 7.81. The summed E-state index contributed by atoms with van der Waals surface area (Å²) in [4.78, 5) is 25.2. The van der Waals surface area contributed by atoms with Gasteiger partial charge in [-0.2, -0.15) is 0 Å². The summed E-state index contributed by atoms with van der Waals surface area (Å²) in [5.41, 5.74) is 2.09. The van der Waals surface area contributed by atoms with Gasteiger partial charge in [0, 0.05) is 11.4 Å². The van der Waals surface area contributed by atoms with Crippen LogP contribution >= 0.6 is 11.8 Å². The predicted octanol–water partition coefficient (Wildman–Crippen LogP) is 4.40. The first-order valence-corrected chi connectivity index (χ1v) is 13.2. The summed E-state index contributed by atoms with van der Waals surface area (Å²) in [5, 5.41) is 14.6. The molecule has 0 radical (unpaired) electrons. The van der Waals surface area contributed by atoms with Crippen molar-refractivity contribution in [1.82, 2.24) is 20.1 Å². The summed E-state index contributed by atoms with van der Waals surface area (Å²) in [6.07, 6.45) is 0.183. The van der Waals surface area contributed by atoms with Crippen LogP contribution in [-0.2, 0) is 22.6 Å². The standard InChI is InChI=1S/C28H28FN5O4S/c1-3-38-24-14-8-21(9-15-24)31-27(36)18-39-28-33-32-25(34(28)22-10-6-20(29)7-11-22)17-30-26(35)16-19-4-12-23(37-2)13-5-19/h4-15H,3,16-18H2,1-2H3,(H,30,35)(H,31,36). The summed E-state index contributed by atoms with van der Waals surface area (Å²) >= 11 is 1.18. The highest BCUT2D eigenvalue weighted by Gasteiger charge is 2.17. The monoisotopic (exact) mass is 549 g/mol. The molecule has 0 saturated carbocycles. The van der Waals surface area contributed by atoms with E-state index in [1.807, 2.05) is 19.1 Å². The number of nitrogens with zero attached hydrogens (tertiary/aromatic N) is 3.